The minimum atomic E-state index is -0.496. The molecule has 5 rings (SSSR count). The van der Waals surface area contributed by atoms with Crippen molar-refractivity contribution in [3.05, 3.63) is 117 Å². The lowest BCUT2D eigenvalue weighted by atomic mass is 9.83. The Bertz CT molecular complexity index is 1570. The molecule has 3 aromatic carbocycles. The first kappa shape index (κ1) is 23.8. The topological polar surface area (TPSA) is 91.8 Å². The first-order valence-corrected chi connectivity index (χ1v) is 11.6. The van der Waals surface area contributed by atoms with Gasteiger partial charge in [0, 0.05) is 23.4 Å². The van der Waals surface area contributed by atoms with Crippen molar-refractivity contribution in [3.8, 4) is 17.2 Å². The molecule has 37 heavy (non-hydrogen) atoms. The van der Waals surface area contributed by atoms with E-state index in [2.05, 4.69) is 11.4 Å². The second kappa shape index (κ2) is 9.99. The molecule has 0 saturated carbocycles. The lowest BCUT2D eigenvalue weighted by molar-refractivity contribution is -0.384. The second-order valence-electron chi connectivity index (χ2n) is 8.66. The van der Waals surface area contributed by atoms with Gasteiger partial charge in [0.05, 0.1) is 10.6 Å². The molecule has 1 aliphatic rings. The van der Waals surface area contributed by atoms with Crippen LogP contribution < -0.4 is 5.32 Å². The van der Waals surface area contributed by atoms with E-state index in [9.17, 15) is 24.2 Å². The fourth-order valence-corrected chi connectivity index (χ4v) is 4.58. The van der Waals surface area contributed by atoms with E-state index in [1.807, 2.05) is 6.08 Å². The van der Waals surface area contributed by atoms with Gasteiger partial charge in [0.1, 0.15) is 29.1 Å². The number of nitro benzene ring substituents is 1. The first-order chi connectivity index (χ1) is 17.9. The van der Waals surface area contributed by atoms with E-state index in [1.165, 1.54) is 36.4 Å². The zero-order valence-corrected chi connectivity index (χ0v) is 19.5. The van der Waals surface area contributed by atoms with Crippen molar-refractivity contribution in [2.75, 3.05) is 5.32 Å². The Morgan fingerprint density at radius 3 is 2.38 bits per heavy atom. The highest BCUT2D eigenvalue weighted by Gasteiger charge is 2.26. The van der Waals surface area contributed by atoms with Crippen LogP contribution in [0.25, 0.3) is 22.8 Å². The van der Waals surface area contributed by atoms with Gasteiger partial charge >= 0.3 is 0 Å². The number of nitrogens with one attached hydrogen (secondary N) is 1. The van der Waals surface area contributed by atoms with Crippen LogP contribution in [-0.2, 0) is 6.42 Å². The summed E-state index contributed by atoms with van der Waals surface area (Å²) in [5.74, 6) is -0.477. The Balaban J connectivity index is 1.72. The molecule has 0 aliphatic heterocycles. The Kier molecular flexibility index (Phi) is 6.43. The van der Waals surface area contributed by atoms with Gasteiger partial charge in [0.25, 0.3) is 5.69 Å². The smallest absolute Gasteiger partial charge is 0.271 e. The molecule has 0 spiro atoms. The molecule has 182 valence electrons. The molecule has 4 aromatic rings. The van der Waals surface area contributed by atoms with Crippen molar-refractivity contribution >= 4 is 28.8 Å². The normalized spacial score (nSPS) is 13.6. The number of nitriles is 1. The van der Waals surface area contributed by atoms with Gasteiger partial charge in [-0.05, 0) is 77.9 Å². The molecule has 1 N–H and O–H groups in total. The molecule has 0 bridgehead atoms. The van der Waals surface area contributed by atoms with Crippen molar-refractivity contribution in [2.45, 2.75) is 19.3 Å². The molecule has 0 saturated heterocycles. The molecule has 1 aliphatic carbocycles. The third-order valence-corrected chi connectivity index (χ3v) is 6.25. The highest BCUT2D eigenvalue weighted by atomic mass is 19.1. The van der Waals surface area contributed by atoms with E-state index in [0.29, 0.717) is 28.9 Å². The molecule has 8 heteroatoms. The highest BCUT2D eigenvalue weighted by molar-refractivity contribution is 5.90. The minimum absolute atomic E-state index is 0.0999. The van der Waals surface area contributed by atoms with E-state index in [-0.39, 0.29) is 22.9 Å². The van der Waals surface area contributed by atoms with Gasteiger partial charge in [0.15, 0.2) is 0 Å². The summed E-state index contributed by atoms with van der Waals surface area (Å²) in [5, 5.41) is 24.6. The molecular weight excluding hydrogens is 474 g/mol. The maximum atomic E-state index is 13.7. The zero-order valence-electron chi connectivity index (χ0n) is 19.5. The van der Waals surface area contributed by atoms with Crippen LogP contribution in [0.4, 0.5) is 26.0 Å². The summed E-state index contributed by atoms with van der Waals surface area (Å²) in [5.41, 5.74) is 5.16. The van der Waals surface area contributed by atoms with Gasteiger partial charge in [-0.25, -0.2) is 13.8 Å². The maximum Gasteiger partial charge on any atom is 0.271 e. The van der Waals surface area contributed by atoms with Gasteiger partial charge in [-0.1, -0.05) is 30.3 Å². The average molecular weight is 495 g/mol. The number of halogens is 2. The number of hydrogen-bond donors (Lipinski definition) is 1. The van der Waals surface area contributed by atoms with Gasteiger partial charge in [-0.15, -0.1) is 0 Å². The molecule has 0 radical (unpaired) electrons. The largest absolute Gasteiger partial charge is 0.339 e. The first-order valence-electron chi connectivity index (χ1n) is 11.6. The van der Waals surface area contributed by atoms with Crippen LogP contribution in [0.1, 0.15) is 35.2 Å². The SMILES string of the molecule is N#Cc1c(Nc2cccc([N+](=O)[O-])c2)nc2c(c1-c1ccc(F)cc1)CCC/C2=C\c1ccc(F)cc1. The second-order valence-corrected chi connectivity index (χ2v) is 8.66. The van der Waals surface area contributed by atoms with Crippen LogP contribution in [0, 0.1) is 33.1 Å². The zero-order chi connectivity index (χ0) is 25.9. The van der Waals surface area contributed by atoms with E-state index < -0.39 is 10.7 Å². The number of pyridine rings is 1. The quantitative estimate of drug-likeness (QED) is 0.230. The van der Waals surface area contributed by atoms with Crippen LogP contribution in [0.5, 0.6) is 0 Å². The van der Waals surface area contributed by atoms with Crippen LogP contribution >= 0.6 is 0 Å². The van der Waals surface area contributed by atoms with E-state index in [1.54, 1.807) is 36.4 Å². The van der Waals surface area contributed by atoms with Gasteiger partial charge < -0.3 is 5.32 Å². The molecule has 0 amide bonds. The summed E-state index contributed by atoms with van der Waals surface area (Å²) in [6.45, 7) is 0. The summed E-state index contributed by atoms with van der Waals surface area (Å²) < 4.78 is 27.2. The molecule has 0 atom stereocenters. The molecular formula is C29H20F2N4O2. The monoisotopic (exact) mass is 494 g/mol. The number of nitro groups is 1. The molecule has 1 aromatic heterocycles. The number of hydrogen-bond acceptors (Lipinski definition) is 5. The standard InChI is InChI=1S/C29H20F2N4O2/c30-21-11-7-18(8-12-21)15-20-3-1-6-25-27(19-9-13-22(31)14-10-19)26(17-32)29(34-28(20)25)33-23-4-2-5-24(16-23)35(36)37/h2,4-5,7-16H,1,3,6H2,(H,33,34)/b20-15+. The van der Waals surface area contributed by atoms with Gasteiger partial charge in [-0.3, -0.25) is 10.1 Å². The summed E-state index contributed by atoms with van der Waals surface area (Å²) in [6.07, 6.45) is 4.16. The van der Waals surface area contributed by atoms with Crippen molar-refractivity contribution in [1.29, 1.82) is 5.26 Å². The van der Waals surface area contributed by atoms with Crippen LogP contribution in [0.3, 0.4) is 0 Å². The fourth-order valence-electron chi connectivity index (χ4n) is 4.58. The van der Waals surface area contributed by atoms with Gasteiger partial charge in [0.2, 0.25) is 0 Å². The highest BCUT2D eigenvalue weighted by Crippen LogP contribution is 2.41. The number of nitrogens with zero attached hydrogens (tertiary/aromatic N) is 3. The number of fused-ring (bicyclic) bond motifs is 1. The number of rotatable bonds is 5. The van der Waals surface area contributed by atoms with Crippen LogP contribution in [0.2, 0.25) is 0 Å². The molecule has 0 unspecified atom stereocenters. The number of aromatic nitrogens is 1. The van der Waals surface area contributed by atoms with Crippen LogP contribution in [-0.4, -0.2) is 9.91 Å². The van der Waals surface area contributed by atoms with E-state index >= 15 is 0 Å². The summed E-state index contributed by atoms with van der Waals surface area (Å²) in [4.78, 5) is 15.6. The summed E-state index contributed by atoms with van der Waals surface area (Å²) >= 11 is 0. The van der Waals surface area contributed by atoms with Crippen molar-refractivity contribution in [2.24, 2.45) is 0 Å². The lowest BCUT2D eigenvalue weighted by Crippen LogP contribution is -2.11. The van der Waals surface area contributed by atoms with Crippen molar-refractivity contribution in [1.82, 2.24) is 4.98 Å². The van der Waals surface area contributed by atoms with Crippen LogP contribution in [0.15, 0.2) is 72.8 Å². The molecule has 1 heterocycles. The minimum Gasteiger partial charge on any atom is -0.339 e. The number of allylic oxidation sites excluding steroid dienone is 1. The van der Waals surface area contributed by atoms with Gasteiger partial charge in [-0.2, -0.15) is 5.26 Å². The Hall–Kier alpha value is -4.90. The third-order valence-electron chi connectivity index (χ3n) is 6.25. The fraction of sp³-hybridized carbons (Fsp3) is 0.103. The Morgan fingerprint density at radius 2 is 1.70 bits per heavy atom. The Morgan fingerprint density at radius 1 is 1.00 bits per heavy atom. The third kappa shape index (κ3) is 4.93. The van der Waals surface area contributed by atoms with E-state index in [0.717, 1.165) is 29.5 Å². The molecule has 6 nitrogen and oxygen atoms in total. The summed E-state index contributed by atoms with van der Waals surface area (Å²) in [7, 11) is 0. The maximum absolute atomic E-state index is 13.7. The number of benzene rings is 3. The molecule has 0 fully saturated rings. The Labute approximate surface area is 211 Å². The predicted octanol–water partition coefficient (Wildman–Crippen LogP) is 7.43. The lowest BCUT2D eigenvalue weighted by Gasteiger charge is -2.24. The summed E-state index contributed by atoms with van der Waals surface area (Å²) in [6, 6.07) is 20.3. The van der Waals surface area contributed by atoms with Crippen molar-refractivity contribution in [3.63, 3.8) is 0 Å². The van der Waals surface area contributed by atoms with Crippen molar-refractivity contribution < 1.29 is 13.7 Å². The van der Waals surface area contributed by atoms with E-state index in [4.69, 9.17) is 4.98 Å². The average Bonchev–Trinajstić information content (AvgIpc) is 2.90. The predicted molar refractivity (Wildman–Crippen MR) is 138 cm³/mol. The number of anilines is 2. The number of non-ortho nitro benzene ring substituents is 1.